The van der Waals surface area contributed by atoms with Crippen LogP contribution in [0, 0.1) is 79.1 Å². The van der Waals surface area contributed by atoms with Gasteiger partial charge in [-0.05, 0) is 153 Å². The van der Waals surface area contributed by atoms with E-state index in [0.29, 0.717) is 28.4 Å². The van der Waals surface area contributed by atoms with Gasteiger partial charge >= 0.3 is 48.8 Å². The normalized spacial score (nSPS) is 16.3. The van der Waals surface area contributed by atoms with Crippen molar-refractivity contribution in [3.05, 3.63) is 166 Å². The number of halogens is 14. The Balaban J connectivity index is 0.000000192. The molecule has 4 aliphatic heterocycles. The molecule has 127 heavy (non-hydrogen) atoms. The lowest BCUT2D eigenvalue weighted by molar-refractivity contribution is -0.183. The molecule has 47 heteroatoms. The van der Waals surface area contributed by atoms with Gasteiger partial charge in [-0.3, -0.25) is 0 Å². The van der Waals surface area contributed by atoms with Crippen molar-refractivity contribution < 1.29 is 137 Å². The van der Waals surface area contributed by atoms with Crippen LogP contribution in [0.5, 0.6) is 5.75 Å². The zero-order valence-corrected chi connectivity index (χ0v) is 73.1. The summed E-state index contributed by atoms with van der Waals surface area (Å²) in [6, 6.07) is 25.4. The lowest BCUT2D eigenvalue weighted by Gasteiger charge is -2.31. The molecule has 0 radical (unpaired) electrons. The number of nitrogens with one attached hydrogen (secondary N) is 8. The van der Waals surface area contributed by atoms with Gasteiger partial charge in [-0.2, -0.15) is 69.9 Å². The molecule has 4 aromatic heterocycles. The molecular weight excluding hydrogens is 1800 g/mol. The number of para-hydroxylation sites is 1. The number of rotatable bonds is 19. The van der Waals surface area contributed by atoms with Crippen molar-refractivity contribution in [3.63, 3.8) is 0 Å². The summed E-state index contributed by atoms with van der Waals surface area (Å²) in [5.74, 6) is -8.08. The van der Waals surface area contributed by atoms with E-state index in [1.54, 1.807) is 55.5 Å². The van der Waals surface area contributed by atoms with Crippen molar-refractivity contribution in [2.75, 3.05) is 96.7 Å². The Bertz CT molecular complexity index is 5700. The summed E-state index contributed by atoms with van der Waals surface area (Å²) >= 11 is 0. The summed E-state index contributed by atoms with van der Waals surface area (Å²) in [7, 11) is -15.0. The van der Waals surface area contributed by atoms with Crippen LogP contribution in [0.4, 0.5) is 120 Å². The Hall–Kier alpha value is -10.5. The molecule has 0 aliphatic carbocycles. The lowest BCUT2D eigenvalue weighted by Crippen LogP contribution is -2.41. The summed E-state index contributed by atoms with van der Waals surface area (Å²) in [4.78, 5) is 49.3. The maximum absolute atomic E-state index is 13.7. The van der Waals surface area contributed by atoms with E-state index in [1.165, 1.54) is 59.1 Å². The van der Waals surface area contributed by atoms with E-state index < -0.39 is 139 Å². The minimum atomic E-state index is -4.38. The smallest absolute Gasteiger partial charge is 0.391 e. The van der Waals surface area contributed by atoms with Gasteiger partial charge in [0.15, 0.2) is 0 Å². The van der Waals surface area contributed by atoms with Gasteiger partial charge in [0.25, 0.3) is 46.0 Å². The number of nitrogens with zero attached hydrogens (tertiary/aromatic N) is 4. The van der Waals surface area contributed by atoms with Crippen LogP contribution in [-0.4, -0.2) is 159 Å². The van der Waals surface area contributed by atoms with E-state index in [4.69, 9.17) is 22.4 Å². The van der Waals surface area contributed by atoms with Crippen molar-refractivity contribution in [3.8, 4) is 5.75 Å². The van der Waals surface area contributed by atoms with E-state index >= 15 is 0 Å². The van der Waals surface area contributed by atoms with E-state index in [1.807, 2.05) is 39.0 Å². The van der Waals surface area contributed by atoms with Gasteiger partial charge in [-0.25, -0.2) is 61.6 Å². The summed E-state index contributed by atoms with van der Waals surface area (Å²) in [6.45, 7) is 11.6. The number of ether oxygens (including phenoxy) is 1. The van der Waals surface area contributed by atoms with E-state index in [2.05, 4.69) is 42.5 Å². The zero-order chi connectivity index (χ0) is 94.1. The summed E-state index contributed by atoms with van der Waals surface area (Å²) in [5, 5.41) is 18.7. The summed E-state index contributed by atoms with van der Waals surface area (Å²) < 4.78 is 314. The highest BCUT2D eigenvalue weighted by Gasteiger charge is 2.48. The molecule has 12 rings (SSSR count). The van der Waals surface area contributed by atoms with Crippen LogP contribution in [0.25, 0.3) is 0 Å². The molecule has 4 aromatic carbocycles. The molecule has 4 aliphatic rings. The van der Waals surface area contributed by atoms with Crippen LogP contribution in [0.15, 0.2) is 147 Å². The Kier molecular flexibility index (Phi) is 32.0. The van der Waals surface area contributed by atoms with Crippen LogP contribution in [0.3, 0.4) is 0 Å². The first kappa shape index (κ1) is 100. The monoisotopic (exact) mass is 1890 g/mol. The fourth-order valence-corrected chi connectivity index (χ4v) is 19.6. The van der Waals surface area contributed by atoms with Gasteiger partial charge < -0.3 is 64.9 Å². The molecule has 0 bridgehead atoms. The third kappa shape index (κ3) is 25.7. The molecule has 8 aromatic rings. The molecule has 8 N–H and O–H groups in total. The van der Waals surface area contributed by atoms with Crippen LogP contribution in [-0.2, 0) is 52.6 Å². The predicted molar refractivity (Wildman–Crippen MR) is 439 cm³/mol. The van der Waals surface area contributed by atoms with Gasteiger partial charge in [-0.15, -0.1) is 0 Å². The minimum Gasteiger partial charge on any atom is -0.496 e. The van der Waals surface area contributed by atoms with Crippen molar-refractivity contribution in [1.29, 1.82) is 0 Å². The molecule has 4 saturated heterocycles. The molecule has 0 saturated carbocycles. The summed E-state index contributed by atoms with van der Waals surface area (Å²) in [6.07, 6.45) is -19.9. The Morgan fingerprint density at radius 3 is 0.937 bits per heavy atom. The third-order valence-electron chi connectivity index (χ3n) is 21.5. The molecule has 8 amide bonds. The maximum Gasteiger partial charge on any atom is 0.391 e. The molecule has 0 spiro atoms. The van der Waals surface area contributed by atoms with E-state index in [-0.39, 0.29) is 167 Å². The molecule has 0 unspecified atom stereocenters. The number of carbonyl (C=O) groups is 4. The van der Waals surface area contributed by atoms with Crippen LogP contribution < -0.4 is 47.3 Å². The number of furan rings is 4. The fraction of sp³-hybridized carbons (Fsp3) is 0.450. The van der Waals surface area contributed by atoms with E-state index in [0.717, 1.165) is 59.0 Å². The first-order chi connectivity index (χ1) is 59.0. The Morgan fingerprint density at radius 2 is 0.622 bits per heavy atom. The number of carbonyl (C=O) groups excluding carboxylic acids is 4. The first-order valence-electron chi connectivity index (χ1n) is 39.2. The highest BCUT2D eigenvalue weighted by Crippen LogP contribution is 2.43. The molecule has 698 valence electrons. The largest absolute Gasteiger partial charge is 0.496 e. The molecule has 8 heterocycles. The van der Waals surface area contributed by atoms with Gasteiger partial charge in [0.05, 0.1) is 53.5 Å². The zero-order valence-electron chi connectivity index (χ0n) is 69.9. The number of piperidine rings is 4. The third-order valence-corrected chi connectivity index (χ3v) is 28.6. The van der Waals surface area contributed by atoms with Gasteiger partial charge in [-0.1, -0.05) is 60.7 Å². The minimum absolute atomic E-state index is 0.0235. The highest BCUT2D eigenvalue weighted by atomic mass is 32.2. The number of methoxy groups -OCH3 is 1. The Labute approximate surface area is 722 Å². The van der Waals surface area contributed by atoms with Gasteiger partial charge in [0, 0.05) is 118 Å². The average Bonchev–Trinajstić information content (AvgIpc) is 1.73. The average molecular weight is 1890 g/mol. The second-order valence-corrected chi connectivity index (χ2v) is 37.8. The van der Waals surface area contributed by atoms with E-state index in [9.17, 15) is 114 Å². The number of anilines is 7. The highest BCUT2D eigenvalue weighted by molar-refractivity contribution is 7.89. The first-order valence-corrected chi connectivity index (χ1v) is 45.0. The predicted octanol–water partition coefficient (Wildman–Crippen LogP) is 18.8. The number of urea groups is 4. The lowest BCUT2D eigenvalue weighted by atomic mass is 9.98. The van der Waals surface area contributed by atoms with Crippen LogP contribution in [0.1, 0.15) is 115 Å². The van der Waals surface area contributed by atoms with Crippen LogP contribution in [0.2, 0.25) is 0 Å². The fourth-order valence-electron chi connectivity index (χ4n) is 13.9. The maximum atomic E-state index is 13.7. The standard InChI is InChI=1S/C21H24F5N3O4S.C20H24F3N3O5S.C20H24F3N3O4S.C19H22F3N3O4S/c1-13-17(28-19(30)27-12-14-5-3-4-6-16(14)20(2,22)23)11-18(33-13)34(31,32)29-9-7-15(8-10-29)21(24,25)26;1-12-15(5-4-6-17(12)30-3)24-19(27)25-16-11-18(31-13(16)2)32(28,29)26-9-7-14(8-10-26)20(21,22)23;1-12-5-4-6-16(13(12)2)24-19(27)25-17-11-18(30-14(17)3)31(28,29)26-9-7-15(8-10-26)20(21,22)23;1-12-5-3-4-6-15(12)23-18(26)24-16-11-17(29-13(16)2)30(27,28)25-9-7-14(8-10-25)19(20,21)22/h3-6,11,15H,7-10,12H2,1-2H3,(H2,27,28,30);4-6,11,14H,7-10H2,1-3H3,(H2,24,25,27);4-6,11,15H,7-10H2,1-3H3,(H2,24,25,27);3-6,11,14H,7-10H2,1-2H3,(H2,23,24,26). The SMILES string of the molecule is COc1cccc(NC(=O)Nc2cc(S(=O)(=O)N3CCC(C(F)(F)F)CC3)oc2C)c1C.Cc1cccc(NC(=O)Nc2cc(S(=O)(=O)N3CCC(C(F)(F)F)CC3)oc2C)c1C.Cc1ccccc1NC(=O)Nc1cc(S(=O)(=O)N2CCC(C(F)(F)F)CC2)oc1C.Cc1oc(S(=O)(=O)N2CCC(C(F)(F)F)CC2)cc1NC(=O)NCc1ccccc1C(C)(F)F. The summed E-state index contributed by atoms with van der Waals surface area (Å²) in [5.41, 5.74) is 5.60. The number of aryl methyl sites for hydroxylation is 6. The van der Waals surface area contributed by atoms with Gasteiger partial charge in [0.2, 0.25) is 20.4 Å². The molecule has 29 nitrogen and oxygen atoms in total. The van der Waals surface area contributed by atoms with Crippen molar-refractivity contribution >= 4 is 104 Å². The number of sulfonamides is 4. The second kappa shape index (κ2) is 40.5. The Morgan fingerprint density at radius 1 is 0.354 bits per heavy atom. The van der Waals surface area contributed by atoms with Crippen molar-refractivity contribution in [1.82, 2.24) is 22.5 Å². The van der Waals surface area contributed by atoms with Crippen molar-refractivity contribution in [2.45, 2.75) is 171 Å². The molecule has 4 fully saturated rings. The number of hydrogen-bond donors (Lipinski definition) is 8. The number of alkyl halides is 14. The van der Waals surface area contributed by atoms with Crippen molar-refractivity contribution in [2.24, 2.45) is 23.7 Å². The number of amides is 8. The quantitative estimate of drug-likeness (QED) is 0.0349. The van der Waals surface area contributed by atoms with Crippen LogP contribution >= 0.6 is 0 Å². The van der Waals surface area contributed by atoms with Gasteiger partial charge in [0.1, 0.15) is 28.8 Å². The topological polar surface area (TPSA) is 376 Å². The second-order valence-electron chi connectivity index (χ2n) is 30.3. The number of hydrogen-bond acceptors (Lipinski definition) is 17. The molecule has 0 atom stereocenters. The molecular formula is C80H94F14N12O17S4. The number of benzene rings is 4.